The summed E-state index contributed by atoms with van der Waals surface area (Å²) in [4.78, 5) is 4.96. The third-order valence-corrected chi connectivity index (χ3v) is 3.57. The third kappa shape index (κ3) is 1.38. The van der Waals surface area contributed by atoms with Crippen molar-refractivity contribution in [2.45, 2.75) is 18.5 Å². The number of rotatable bonds is 1. The first kappa shape index (κ1) is 9.04. The number of nitrogens with zero attached hydrogens (tertiary/aromatic N) is 2. The molecule has 3 aliphatic rings. The second-order valence-electron chi connectivity index (χ2n) is 4.76. The molecule has 0 saturated carbocycles. The van der Waals surface area contributed by atoms with Gasteiger partial charge < -0.3 is 15.5 Å². The van der Waals surface area contributed by atoms with Crippen LogP contribution >= 0.6 is 0 Å². The minimum absolute atomic E-state index is 0.720. The smallest absolute Gasteiger partial charge is 0.0440 e. The molecule has 2 N–H and O–H groups in total. The van der Waals surface area contributed by atoms with Crippen LogP contribution in [0, 0.1) is 0 Å². The molecule has 2 bridgehead atoms. The van der Waals surface area contributed by atoms with Crippen LogP contribution in [0.2, 0.25) is 0 Å². The zero-order valence-electron chi connectivity index (χ0n) is 9.06. The molecule has 3 fully saturated rings. The van der Waals surface area contributed by atoms with E-state index in [2.05, 4.69) is 29.0 Å². The molecule has 1 aromatic rings. The van der Waals surface area contributed by atoms with E-state index in [9.17, 15) is 0 Å². The number of hydrogen-bond donors (Lipinski definition) is 1. The zero-order chi connectivity index (χ0) is 10.4. The minimum Gasteiger partial charge on any atom is -0.399 e. The van der Waals surface area contributed by atoms with Crippen molar-refractivity contribution in [1.29, 1.82) is 0 Å². The minimum atomic E-state index is 0.720. The Bertz CT molecular complexity index is 348. The van der Waals surface area contributed by atoms with E-state index in [0.717, 1.165) is 17.8 Å². The second-order valence-corrected chi connectivity index (χ2v) is 4.76. The Kier molecular flexibility index (Phi) is 1.89. The summed E-state index contributed by atoms with van der Waals surface area (Å²) >= 11 is 0. The van der Waals surface area contributed by atoms with Crippen LogP contribution in [0.3, 0.4) is 0 Å². The fourth-order valence-corrected chi connectivity index (χ4v) is 2.89. The van der Waals surface area contributed by atoms with Gasteiger partial charge in [0.15, 0.2) is 0 Å². The molecular weight excluding hydrogens is 186 g/mol. The van der Waals surface area contributed by atoms with E-state index < -0.39 is 0 Å². The number of benzene rings is 1. The summed E-state index contributed by atoms with van der Waals surface area (Å²) in [5.41, 5.74) is 7.88. The average molecular weight is 203 g/mol. The van der Waals surface area contributed by atoms with Crippen molar-refractivity contribution in [1.82, 2.24) is 4.90 Å². The summed E-state index contributed by atoms with van der Waals surface area (Å²) in [5.74, 6) is 0. The molecule has 15 heavy (non-hydrogen) atoms. The number of likely N-dealkylation sites (N-methyl/N-ethyl adjacent to an activating group) is 1. The maximum Gasteiger partial charge on any atom is 0.0440 e. The van der Waals surface area contributed by atoms with E-state index in [0.29, 0.717) is 0 Å². The Labute approximate surface area is 90.5 Å². The molecule has 3 aliphatic heterocycles. The van der Waals surface area contributed by atoms with Crippen molar-refractivity contribution in [3.63, 3.8) is 0 Å². The second kappa shape index (κ2) is 3.14. The van der Waals surface area contributed by atoms with Gasteiger partial charge in [-0.2, -0.15) is 0 Å². The van der Waals surface area contributed by atoms with Gasteiger partial charge in [0.1, 0.15) is 0 Å². The summed E-state index contributed by atoms with van der Waals surface area (Å²) in [6.45, 7) is 2.39. The van der Waals surface area contributed by atoms with Crippen molar-refractivity contribution >= 4 is 11.4 Å². The molecule has 1 aromatic carbocycles. The van der Waals surface area contributed by atoms with Crippen LogP contribution in [-0.4, -0.2) is 37.1 Å². The van der Waals surface area contributed by atoms with Crippen molar-refractivity contribution in [2.24, 2.45) is 0 Å². The lowest BCUT2D eigenvalue weighted by Crippen LogP contribution is -2.68. The van der Waals surface area contributed by atoms with Gasteiger partial charge in [0.05, 0.1) is 0 Å². The normalized spacial score (nSPS) is 30.1. The van der Waals surface area contributed by atoms with E-state index in [1.807, 2.05) is 12.1 Å². The number of fused-ring (bicyclic) bond motifs is 2. The molecule has 3 heterocycles. The average Bonchev–Trinajstić information content (AvgIpc) is 2.21. The molecule has 0 amide bonds. The largest absolute Gasteiger partial charge is 0.399 e. The van der Waals surface area contributed by atoms with Crippen LogP contribution in [0.25, 0.3) is 0 Å². The standard InChI is InChI=1S/C12H17N3/c1-14-7-11-6-12(8-14)15(11)10-4-2-9(13)3-5-10/h2-5,11-12H,6-8,13H2,1H3/t11-,12+. The van der Waals surface area contributed by atoms with Crippen LogP contribution in [-0.2, 0) is 0 Å². The number of nitrogens with two attached hydrogens (primary N) is 1. The molecule has 0 radical (unpaired) electrons. The fraction of sp³-hybridized carbons (Fsp3) is 0.500. The first-order valence-electron chi connectivity index (χ1n) is 5.56. The van der Waals surface area contributed by atoms with Gasteiger partial charge in [0, 0.05) is 36.5 Å². The van der Waals surface area contributed by atoms with Crippen molar-refractivity contribution in [3.05, 3.63) is 24.3 Å². The van der Waals surface area contributed by atoms with Gasteiger partial charge in [-0.25, -0.2) is 0 Å². The molecule has 0 aromatic heterocycles. The van der Waals surface area contributed by atoms with Crippen LogP contribution in [0.15, 0.2) is 24.3 Å². The molecule has 4 rings (SSSR count). The van der Waals surface area contributed by atoms with Gasteiger partial charge in [0.25, 0.3) is 0 Å². The van der Waals surface area contributed by atoms with Crippen LogP contribution < -0.4 is 10.6 Å². The third-order valence-electron chi connectivity index (χ3n) is 3.57. The monoisotopic (exact) mass is 203 g/mol. The topological polar surface area (TPSA) is 32.5 Å². The van der Waals surface area contributed by atoms with Gasteiger partial charge in [-0.1, -0.05) is 0 Å². The van der Waals surface area contributed by atoms with Crippen molar-refractivity contribution in [2.75, 3.05) is 30.8 Å². The highest BCUT2D eigenvalue weighted by atomic mass is 15.3. The lowest BCUT2D eigenvalue weighted by Gasteiger charge is -2.57. The summed E-state index contributed by atoms with van der Waals surface area (Å²) in [5, 5.41) is 0. The Morgan fingerprint density at radius 2 is 1.73 bits per heavy atom. The summed E-state index contributed by atoms with van der Waals surface area (Å²) in [6.07, 6.45) is 1.36. The van der Waals surface area contributed by atoms with Crippen molar-refractivity contribution in [3.8, 4) is 0 Å². The number of piperidine rings is 1. The van der Waals surface area contributed by atoms with E-state index in [1.54, 1.807) is 0 Å². The molecular formula is C12H17N3. The zero-order valence-corrected chi connectivity index (χ0v) is 9.06. The van der Waals surface area contributed by atoms with E-state index in [1.165, 1.54) is 25.2 Å². The Hall–Kier alpha value is -1.22. The van der Waals surface area contributed by atoms with Crippen LogP contribution in [0.4, 0.5) is 11.4 Å². The summed E-state index contributed by atoms with van der Waals surface area (Å²) < 4.78 is 0. The Balaban J connectivity index is 1.82. The molecule has 0 aliphatic carbocycles. The van der Waals surface area contributed by atoms with Gasteiger partial charge in [-0.15, -0.1) is 0 Å². The number of piperazine rings is 1. The molecule has 80 valence electrons. The van der Waals surface area contributed by atoms with Crippen LogP contribution in [0.5, 0.6) is 0 Å². The van der Waals surface area contributed by atoms with Crippen molar-refractivity contribution < 1.29 is 0 Å². The van der Waals surface area contributed by atoms with Crippen LogP contribution in [0.1, 0.15) is 6.42 Å². The van der Waals surface area contributed by atoms with Gasteiger partial charge in [-0.3, -0.25) is 0 Å². The van der Waals surface area contributed by atoms with E-state index in [4.69, 9.17) is 5.73 Å². The summed E-state index contributed by atoms with van der Waals surface area (Å²) in [7, 11) is 2.21. The van der Waals surface area contributed by atoms with E-state index in [-0.39, 0.29) is 0 Å². The van der Waals surface area contributed by atoms with Gasteiger partial charge >= 0.3 is 0 Å². The van der Waals surface area contributed by atoms with Gasteiger partial charge in [-0.05, 0) is 37.7 Å². The number of hydrogen-bond acceptors (Lipinski definition) is 3. The Morgan fingerprint density at radius 1 is 1.13 bits per heavy atom. The fourth-order valence-electron chi connectivity index (χ4n) is 2.89. The maximum atomic E-state index is 5.70. The van der Waals surface area contributed by atoms with E-state index >= 15 is 0 Å². The number of anilines is 2. The number of nitrogen functional groups attached to an aromatic ring is 1. The summed E-state index contributed by atoms with van der Waals surface area (Å²) in [6, 6.07) is 9.70. The lowest BCUT2D eigenvalue weighted by molar-refractivity contribution is 0.140. The molecule has 0 unspecified atom stereocenters. The highest BCUT2D eigenvalue weighted by Gasteiger charge is 2.43. The SMILES string of the molecule is CN1C[C@H]2C[C@@H](C1)N2c1ccc(N)cc1. The first-order chi connectivity index (χ1) is 7.24. The quantitative estimate of drug-likeness (QED) is 0.695. The highest BCUT2D eigenvalue weighted by molar-refractivity contribution is 5.57. The molecule has 3 saturated heterocycles. The lowest BCUT2D eigenvalue weighted by atomic mass is 9.87. The predicted molar refractivity (Wildman–Crippen MR) is 63.0 cm³/mol. The first-order valence-corrected chi connectivity index (χ1v) is 5.56. The molecule has 3 nitrogen and oxygen atoms in total. The molecule has 2 atom stereocenters. The molecule has 3 heteroatoms. The maximum absolute atomic E-state index is 5.70. The molecule has 0 spiro atoms. The highest BCUT2D eigenvalue weighted by Crippen LogP contribution is 2.36. The predicted octanol–water partition coefficient (Wildman–Crippen LogP) is 1.16. The van der Waals surface area contributed by atoms with Gasteiger partial charge in [0.2, 0.25) is 0 Å². The Morgan fingerprint density at radius 3 is 2.33 bits per heavy atom.